The van der Waals surface area contributed by atoms with Gasteiger partial charge in [-0.2, -0.15) is 0 Å². The van der Waals surface area contributed by atoms with Crippen LogP contribution in [0.1, 0.15) is 53.9 Å². The van der Waals surface area contributed by atoms with Crippen LogP contribution < -0.4 is 0 Å². The van der Waals surface area contributed by atoms with Crippen LogP contribution in [0.25, 0.3) is 10.9 Å². The molecule has 2 aromatic carbocycles. The second-order valence-corrected chi connectivity index (χ2v) is 10.9. The maximum absolute atomic E-state index is 13.5. The summed E-state index contributed by atoms with van der Waals surface area (Å²) in [6, 6.07) is 19.9. The van der Waals surface area contributed by atoms with Crippen molar-refractivity contribution < 1.29 is 4.79 Å². The first-order valence-corrected chi connectivity index (χ1v) is 13.6. The highest BCUT2D eigenvalue weighted by atomic mass is 16.2. The van der Waals surface area contributed by atoms with Crippen molar-refractivity contribution in [3.63, 3.8) is 0 Å². The van der Waals surface area contributed by atoms with Gasteiger partial charge in [0.25, 0.3) is 5.91 Å². The van der Waals surface area contributed by atoms with Gasteiger partial charge in [-0.3, -0.25) is 9.69 Å². The normalized spacial score (nSPS) is 24.9. The van der Waals surface area contributed by atoms with Gasteiger partial charge in [0.15, 0.2) is 0 Å². The summed E-state index contributed by atoms with van der Waals surface area (Å²) in [4.78, 5) is 24.3. The van der Waals surface area contributed by atoms with Gasteiger partial charge in [0, 0.05) is 69.1 Å². The van der Waals surface area contributed by atoms with Gasteiger partial charge in [0.1, 0.15) is 0 Å². The Morgan fingerprint density at radius 1 is 0.886 bits per heavy atom. The Morgan fingerprint density at radius 2 is 1.69 bits per heavy atom. The van der Waals surface area contributed by atoms with Gasteiger partial charge in [0.2, 0.25) is 0 Å². The van der Waals surface area contributed by atoms with Crippen LogP contribution in [-0.2, 0) is 0 Å². The molecule has 3 heterocycles. The number of nitrogens with zero attached hydrogens (tertiary/aromatic N) is 3. The smallest absolute Gasteiger partial charge is 0.253 e. The molecule has 2 atom stereocenters. The molecule has 3 fully saturated rings. The molecule has 35 heavy (non-hydrogen) atoms. The standard InChI is InChI=1S/C30H38N4O/c35-30(25-11-10-24-12-14-31-29(24)20-25)34-15-13-28(23-6-2-1-3-7-23)26(22-34)21-32-16-18-33(19-17-32)27-8-4-5-9-27/h1-3,6-7,10-12,14,20,26-28,31H,4-5,8-9,13,15-19,21-22H2. The van der Waals surface area contributed by atoms with E-state index in [0.29, 0.717) is 11.8 Å². The van der Waals surface area contributed by atoms with Crippen LogP contribution in [0, 0.1) is 5.92 Å². The van der Waals surface area contributed by atoms with Gasteiger partial charge in [0.05, 0.1) is 0 Å². The third-order valence-electron chi connectivity index (χ3n) is 8.79. The topological polar surface area (TPSA) is 42.6 Å². The van der Waals surface area contributed by atoms with Crippen LogP contribution >= 0.6 is 0 Å². The molecule has 0 bridgehead atoms. The third-order valence-corrected chi connectivity index (χ3v) is 8.79. The maximum Gasteiger partial charge on any atom is 0.253 e. The summed E-state index contributed by atoms with van der Waals surface area (Å²) in [5, 5.41) is 1.15. The number of carbonyl (C=O) groups is 1. The lowest BCUT2D eigenvalue weighted by Crippen LogP contribution is -2.53. The number of benzene rings is 2. The van der Waals surface area contributed by atoms with Crippen molar-refractivity contribution >= 4 is 16.8 Å². The van der Waals surface area contributed by atoms with Crippen LogP contribution in [0.4, 0.5) is 0 Å². The lowest BCUT2D eigenvalue weighted by molar-refractivity contribution is 0.0505. The summed E-state index contributed by atoms with van der Waals surface area (Å²) in [7, 11) is 0. The fraction of sp³-hybridized carbons (Fsp3) is 0.500. The second kappa shape index (κ2) is 10.2. The molecule has 6 rings (SSSR count). The van der Waals surface area contributed by atoms with E-state index in [-0.39, 0.29) is 5.91 Å². The van der Waals surface area contributed by atoms with Gasteiger partial charge < -0.3 is 14.8 Å². The minimum absolute atomic E-state index is 0.170. The summed E-state index contributed by atoms with van der Waals surface area (Å²) >= 11 is 0. The zero-order chi connectivity index (χ0) is 23.6. The predicted octanol–water partition coefficient (Wildman–Crippen LogP) is 4.97. The lowest BCUT2D eigenvalue weighted by atomic mass is 9.80. The van der Waals surface area contributed by atoms with E-state index in [9.17, 15) is 4.79 Å². The number of hydrogen-bond donors (Lipinski definition) is 1. The first-order valence-electron chi connectivity index (χ1n) is 13.6. The number of aromatic nitrogens is 1. The highest BCUT2D eigenvalue weighted by molar-refractivity contribution is 5.98. The highest BCUT2D eigenvalue weighted by Crippen LogP contribution is 2.35. The molecule has 0 spiro atoms. The largest absolute Gasteiger partial charge is 0.361 e. The Morgan fingerprint density at radius 3 is 2.49 bits per heavy atom. The Kier molecular flexibility index (Phi) is 6.62. The Hall–Kier alpha value is -2.63. The fourth-order valence-corrected chi connectivity index (χ4v) is 6.82. The first kappa shape index (κ1) is 22.8. The third kappa shape index (κ3) is 4.89. The first-order chi connectivity index (χ1) is 17.2. The van der Waals surface area contributed by atoms with E-state index in [1.54, 1.807) is 0 Å². The van der Waals surface area contributed by atoms with Gasteiger partial charge in [-0.25, -0.2) is 0 Å². The SMILES string of the molecule is O=C(c1ccc2cc[nH]c2c1)N1CCC(c2ccccc2)C(CN2CCN(C3CCCC3)CC2)C1. The average molecular weight is 471 g/mol. The number of rotatable bonds is 5. The molecule has 1 amide bonds. The highest BCUT2D eigenvalue weighted by Gasteiger charge is 2.35. The molecule has 2 unspecified atom stereocenters. The van der Waals surface area contributed by atoms with Crippen molar-refractivity contribution in [1.82, 2.24) is 19.7 Å². The summed E-state index contributed by atoms with van der Waals surface area (Å²) in [6.45, 7) is 7.46. The Labute approximate surface area is 209 Å². The van der Waals surface area contributed by atoms with Gasteiger partial charge >= 0.3 is 0 Å². The molecule has 5 heteroatoms. The molecular weight excluding hydrogens is 432 g/mol. The van der Waals surface area contributed by atoms with Gasteiger partial charge in [-0.15, -0.1) is 0 Å². The minimum Gasteiger partial charge on any atom is -0.361 e. The number of amides is 1. The van der Waals surface area contributed by atoms with Crippen molar-refractivity contribution in [3.05, 3.63) is 71.9 Å². The molecule has 2 aliphatic heterocycles. The predicted molar refractivity (Wildman–Crippen MR) is 142 cm³/mol. The molecule has 1 aromatic heterocycles. The molecule has 1 saturated carbocycles. The molecule has 1 N–H and O–H groups in total. The van der Waals surface area contributed by atoms with Crippen molar-refractivity contribution in [2.24, 2.45) is 5.92 Å². The molecule has 2 saturated heterocycles. The maximum atomic E-state index is 13.5. The van der Waals surface area contributed by atoms with Crippen LogP contribution in [0.2, 0.25) is 0 Å². The Bertz CT molecular complexity index is 1130. The van der Waals surface area contributed by atoms with E-state index in [0.717, 1.165) is 61.7 Å². The minimum atomic E-state index is 0.170. The van der Waals surface area contributed by atoms with E-state index in [1.165, 1.54) is 44.3 Å². The lowest BCUT2D eigenvalue weighted by Gasteiger charge is -2.44. The zero-order valence-electron chi connectivity index (χ0n) is 20.7. The van der Waals surface area contributed by atoms with E-state index in [2.05, 4.69) is 62.1 Å². The molecule has 5 nitrogen and oxygen atoms in total. The van der Waals surface area contributed by atoms with Crippen LogP contribution in [0.3, 0.4) is 0 Å². The quantitative estimate of drug-likeness (QED) is 0.572. The van der Waals surface area contributed by atoms with E-state index in [4.69, 9.17) is 0 Å². The number of fused-ring (bicyclic) bond motifs is 1. The molecular formula is C30H38N4O. The van der Waals surface area contributed by atoms with E-state index >= 15 is 0 Å². The van der Waals surface area contributed by atoms with Crippen LogP contribution in [-0.4, -0.2) is 77.4 Å². The Balaban J connectivity index is 1.16. The molecule has 1 aliphatic carbocycles. The number of likely N-dealkylation sites (tertiary alicyclic amines) is 1. The van der Waals surface area contributed by atoms with Crippen LogP contribution in [0.5, 0.6) is 0 Å². The summed E-state index contributed by atoms with van der Waals surface area (Å²) in [5.74, 6) is 1.14. The van der Waals surface area contributed by atoms with Crippen molar-refractivity contribution in [2.75, 3.05) is 45.8 Å². The fourth-order valence-electron chi connectivity index (χ4n) is 6.82. The number of piperazine rings is 1. The van der Waals surface area contributed by atoms with Gasteiger partial charge in [-0.1, -0.05) is 49.2 Å². The summed E-state index contributed by atoms with van der Waals surface area (Å²) in [6.07, 6.45) is 8.58. The molecule has 3 aliphatic rings. The van der Waals surface area contributed by atoms with Crippen molar-refractivity contribution in [3.8, 4) is 0 Å². The number of carbonyl (C=O) groups excluding carboxylic acids is 1. The number of nitrogens with one attached hydrogen (secondary N) is 1. The average Bonchev–Trinajstić information content (AvgIpc) is 3.61. The molecule has 3 aromatic rings. The number of aromatic amines is 1. The summed E-state index contributed by atoms with van der Waals surface area (Å²) in [5.41, 5.74) is 3.26. The number of H-pyrrole nitrogens is 1. The molecule has 184 valence electrons. The zero-order valence-corrected chi connectivity index (χ0v) is 20.7. The molecule has 0 radical (unpaired) electrons. The second-order valence-electron chi connectivity index (χ2n) is 10.9. The van der Waals surface area contributed by atoms with Gasteiger partial charge in [-0.05, 0) is 60.2 Å². The van der Waals surface area contributed by atoms with Crippen LogP contribution in [0.15, 0.2) is 60.8 Å². The van der Waals surface area contributed by atoms with E-state index < -0.39 is 0 Å². The number of piperidine rings is 1. The number of hydrogen-bond acceptors (Lipinski definition) is 3. The van der Waals surface area contributed by atoms with Crippen molar-refractivity contribution in [1.29, 1.82) is 0 Å². The van der Waals surface area contributed by atoms with Crippen molar-refractivity contribution in [2.45, 2.75) is 44.1 Å². The van der Waals surface area contributed by atoms with E-state index in [1.807, 2.05) is 18.3 Å². The summed E-state index contributed by atoms with van der Waals surface area (Å²) < 4.78 is 0. The monoisotopic (exact) mass is 470 g/mol.